The van der Waals surface area contributed by atoms with Gasteiger partial charge in [-0.15, -0.1) is 0 Å². The first kappa shape index (κ1) is 6.65. The van der Waals surface area contributed by atoms with Crippen LogP contribution in [0.5, 0.6) is 0 Å². The van der Waals surface area contributed by atoms with E-state index < -0.39 is 0 Å². The van der Waals surface area contributed by atoms with E-state index in [1.165, 1.54) is 27.2 Å². The molecule has 0 aromatic carbocycles. The third-order valence-electron chi connectivity index (χ3n) is 0.814. The van der Waals surface area contributed by atoms with Crippen molar-refractivity contribution >= 4 is 14.0 Å². The Kier molecular flexibility index (Phi) is 4.24. The maximum absolute atomic E-state index is 2.39. The second-order valence-electron chi connectivity index (χ2n) is 1.30. The van der Waals surface area contributed by atoms with E-state index >= 15 is 0 Å². The van der Waals surface area contributed by atoms with Crippen molar-refractivity contribution in [3.8, 4) is 0 Å². The van der Waals surface area contributed by atoms with Crippen molar-refractivity contribution < 1.29 is 17.0 Å². The molecule has 1 heterocycles. The minimum Gasteiger partial charge on any atom is -1.00 e. The van der Waals surface area contributed by atoms with Gasteiger partial charge in [-0.2, -0.15) is 0 Å². The zero-order valence-corrected chi connectivity index (χ0v) is 6.16. The number of rotatable bonds is 0. The molecule has 1 aliphatic rings. The highest BCUT2D eigenvalue weighted by Gasteiger charge is 1.95. The predicted molar refractivity (Wildman–Crippen MR) is 28.5 cm³/mol. The maximum atomic E-state index is 2.39. The quantitative estimate of drug-likeness (QED) is 0.376. The van der Waals surface area contributed by atoms with Crippen molar-refractivity contribution in [2.24, 2.45) is 0 Å². The van der Waals surface area contributed by atoms with Crippen LogP contribution in [0.1, 0.15) is 12.8 Å². The van der Waals surface area contributed by atoms with E-state index in [0.29, 0.717) is 0 Å². The third-order valence-corrected chi connectivity index (χ3v) is 2.03. The molecule has 0 aromatic rings. The van der Waals surface area contributed by atoms with Gasteiger partial charge in [0.2, 0.25) is 0 Å². The molecule has 1 unspecified atom stereocenters. The Bertz CT molecular complexity index is 45.5. The minimum atomic E-state index is 0. The lowest BCUT2D eigenvalue weighted by molar-refractivity contribution is -0.000000945. The van der Waals surface area contributed by atoms with Crippen molar-refractivity contribution in [3.05, 3.63) is 0 Å². The van der Waals surface area contributed by atoms with Crippen molar-refractivity contribution in [3.63, 3.8) is 0 Å². The molecular formula is C4H8BrP. The zero-order valence-electron chi connectivity index (χ0n) is 3.58. The fourth-order valence-corrected chi connectivity index (χ4v) is 1.53. The molecule has 0 saturated carbocycles. The van der Waals surface area contributed by atoms with Crippen LogP contribution in [0.4, 0.5) is 0 Å². The fourth-order valence-electron chi connectivity index (χ4n) is 0.510. The molecule has 0 aromatic heterocycles. The summed E-state index contributed by atoms with van der Waals surface area (Å²) < 4.78 is 0. The third kappa shape index (κ3) is 1.94. The highest BCUT2D eigenvalue weighted by atomic mass is 79.9. The van der Waals surface area contributed by atoms with E-state index in [1.807, 2.05) is 0 Å². The first-order chi connectivity index (χ1) is 2.50. The Morgan fingerprint density at radius 1 is 1.50 bits per heavy atom. The van der Waals surface area contributed by atoms with Gasteiger partial charge in [0.1, 0.15) is 6.16 Å². The fraction of sp³-hybridized carbons (Fsp3) is 0.750. The van der Waals surface area contributed by atoms with Gasteiger partial charge in [-0.1, -0.05) is 0 Å². The highest BCUT2D eigenvalue weighted by Crippen LogP contribution is 2.07. The topological polar surface area (TPSA) is 0 Å². The number of hydrogen-bond donors (Lipinski definition) is 0. The summed E-state index contributed by atoms with van der Waals surface area (Å²) in [6.45, 7) is 0. The summed E-state index contributed by atoms with van der Waals surface area (Å²) in [6, 6.07) is 0. The van der Waals surface area contributed by atoms with Crippen molar-refractivity contribution in [1.82, 2.24) is 0 Å². The standard InChI is InChI=1S/C4H7P.BrH/c1-2-4-5-3-1;/h3H,1-2,4H2;1H. The molecule has 1 aliphatic heterocycles. The molecule has 2 heteroatoms. The van der Waals surface area contributed by atoms with E-state index in [1.54, 1.807) is 0 Å². The zero-order chi connectivity index (χ0) is 3.54. The molecule has 0 amide bonds. The lowest BCUT2D eigenvalue weighted by Gasteiger charge is -1.61. The molecule has 1 atom stereocenters. The Morgan fingerprint density at radius 3 is 2.50 bits per heavy atom. The largest absolute Gasteiger partial charge is 1.00 e. The molecule has 0 aliphatic carbocycles. The molecule has 0 spiro atoms. The molecule has 0 N–H and O–H groups in total. The summed E-state index contributed by atoms with van der Waals surface area (Å²) in [4.78, 5) is 0. The van der Waals surface area contributed by atoms with Crippen LogP contribution in [0.15, 0.2) is 0 Å². The average Bonchev–Trinajstić information content (AvgIpc) is 1.76. The smallest absolute Gasteiger partial charge is 0.104 e. The lowest BCUT2D eigenvalue weighted by Crippen LogP contribution is -3.00. The normalized spacial score (nSPS) is 20.0. The SMILES string of the molecule is C1=[PH+]CCC1.[Br-]. The van der Waals surface area contributed by atoms with Gasteiger partial charge in [-0.05, 0) is 6.42 Å². The van der Waals surface area contributed by atoms with Crippen LogP contribution < -0.4 is 17.0 Å². The summed E-state index contributed by atoms with van der Waals surface area (Å²) in [6.07, 6.45) is 4.32. The van der Waals surface area contributed by atoms with Crippen LogP contribution in [-0.2, 0) is 0 Å². The van der Waals surface area contributed by atoms with Gasteiger partial charge in [-0.3, -0.25) is 0 Å². The lowest BCUT2D eigenvalue weighted by atomic mass is 10.4. The summed E-state index contributed by atoms with van der Waals surface area (Å²) in [5.41, 5.74) is 0. The summed E-state index contributed by atoms with van der Waals surface area (Å²) in [5.74, 6) is 2.39. The molecule has 1 rings (SSSR count). The molecule has 0 saturated heterocycles. The van der Waals surface area contributed by atoms with E-state index in [4.69, 9.17) is 0 Å². The van der Waals surface area contributed by atoms with Gasteiger partial charge >= 0.3 is 0 Å². The molecular weight excluding hydrogens is 159 g/mol. The number of hydrogen-bond acceptors (Lipinski definition) is 0. The number of halogens is 1. The van der Waals surface area contributed by atoms with Gasteiger partial charge in [0.05, 0.1) is 14.0 Å². The average molecular weight is 167 g/mol. The van der Waals surface area contributed by atoms with Crippen LogP contribution in [-0.4, -0.2) is 12.0 Å². The molecule has 36 valence electrons. The molecule has 0 fully saturated rings. The second-order valence-corrected chi connectivity index (χ2v) is 2.62. The van der Waals surface area contributed by atoms with Crippen molar-refractivity contribution in [2.45, 2.75) is 12.8 Å². The first-order valence-corrected chi connectivity index (χ1v) is 3.33. The van der Waals surface area contributed by atoms with Crippen molar-refractivity contribution in [1.29, 1.82) is 0 Å². The van der Waals surface area contributed by atoms with Crippen LogP contribution >= 0.6 is 8.20 Å². The Labute approximate surface area is 50.5 Å². The minimum absolute atomic E-state index is 0. The molecule has 0 bridgehead atoms. The van der Waals surface area contributed by atoms with Gasteiger partial charge in [0.15, 0.2) is 0 Å². The van der Waals surface area contributed by atoms with Crippen LogP contribution in [0.3, 0.4) is 0 Å². The van der Waals surface area contributed by atoms with Gasteiger partial charge in [-0.25, -0.2) is 0 Å². The predicted octanol–water partition coefficient (Wildman–Crippen LogP) is -1.74. The van der Waals surface area contributed by atoms with Gasteiger partial charge in [0.25, 0.3) is 0 Å². The van der Waals surface area contributed by atoms with Crippen LogP contribution in [0.2, 0.25) is 0 Å². The summed E-state index contributed by atoms with van der Waals surface area (Å²) in [5, 5.41) is 0. The molecule has 0 nitrogen and oxygen atoms in total. The second kappa shape index (κ2) is 3.83. The van der Waals surface area contributed by atoms with E-state index in [2.05, 4.69) is 5.80 Å². The monoisotopic (exact) mass is 166 g/mol. The summed E-state index contributed by atoms with van der Waals surface area (Å²) >= 11 is 0. The Morgan fingerprint density at radius 2 is 2.33 bits per heavy atom. The highest BCUT2D eigenvalue weighted by molar-refractivity contribution is 7.38. The Balaban J connectivity index is 0.000000250. The Hall–Kier alpha value is 0.650. The van der Waals surface area contributed by atoms with Crippen LogP contribution in [0, 0.1) is 0 Å². The van der Waals surface area contributed by atoms with Crippen LogP contribution in [0.25, 0.3) is 0 Å². The maximum Gasteiger partial charge on any atom is 0.104 e. The molecule has 0 radical (unpaired) electrons. The van der Waals surface area contributed by atoms with E-state index in [0.717, 1.165) is 0 Å². The summed E-state index contributed by atoms with van der Waals surface area (Å²) in [7, 11) is 1.18. The van der Waals surface area contributed by atoms with Gasteiger partial charge < -0.3 is 17.0 Å². The first-order valence-electron chi connectivity index (χ1n) is 2.05. The van der Waals surface area contributed by atoms with Crippen molar-refractivity contribution in [2.75, 3.05) is 6.16 Å². The van der Waals surface area contributed by atoms with E-state index in [-0.39, 0.29) is 17.0 Å². The van der Waals surface area contributed by atoms with Gasteiger partial charge in [0, 0.05) is 6.42 Å². The molecule has 6 heavy (non-hydrogen) atoms. The van der Waals surface area contributed by atoms with E-state index in [9.17, 15) is 0 Å².